The molecule has 3 atom stereocenters. The molecule has 2 N–H and O–H groups in total. The molecule has 2 aliphatic rings. The lowest BCUT2D eigenvalue weighted by Gasteiger charge is -2.32. The molecular formula is C16H28N2O2. The molecule has 0 unspecified atom stereocenters. The van der Waals surface area contributed by atoms with Gasteiger partial charge in [-0.1, -0.05) is 32.6 Å². The molecule has 2 aliphatic carbocycles. The third-order valence-electron chi connectivity index (χ3n) is 4.95. The summed E-state index contributed by atoms with van der Waals surface area (Å²) >= 11 is 0. The predicted molar refractivity (Wildman–Crippen MR) is 79.1 cm³/mol. The highest BCUT2D eigenvalue weighted by molar-refractivity contribution is 5.87. The van der Waals surface area contributed by atoms with E-state index < -0.39 is 0 Å². The molecule has 0 radical (unpaired) electrons. The van der Waals surface area contributed by atoms with Gasteiger partial charge in [-0.2, -0.15) is 0 Å². The highest BCUT2D eigenvalue weighted by Crippen LogP contribution is 2.29. The molecular weight excluding hydrogens is 252 g/mol. The molecule has 0 aromatic rings. The van der Waals surface area contributed by atoms with Crippen molar-refractivity contribution in [2.24, 2.45) is 11.8 Å². The van der Waals surface area contributed by atoms with Gasteiger partial charge in [-0.05, 0) is 37.5 Å². The lowest BCUT2D eigenvalue weighted by Crippen LogP contribution is -2.53. The Kier molecular flexibility index (Phi) is 5.44. The van der Waals surface area contributed by atoms with Gasteiger partial charge < -0.3 is 10.6 Å². The molecule has 4 nitrogen and oxygen atoms in total. The molecule has 20 heavy (non-hydrogen) atoms. The molecule has 0 saturated heterocycles. The first-order valence-electron chi connectivity index (χ1n) is 8.15. The van der Waals surface area contributed by atoms with Crippen LogP contribution < -0.4 is 10.6 Å². The van der Waals surface area contributed by atoms with Crippen molar-refractivity contribution in [3.63, 3.8) is 0 Å². The summed E-state index contributed by atoms with van der Waals surface area (Å²) in [4.78, 5) is 23.9. The van der Waals surface area contributed by atoms with Gasteiger partial charge in [-0.25, -0.2) is 0 Å². The molecule has 2 rings (SSSR count). The summed E-state index contributed by atoms with van der Waals surface area (Å²) in [6.45, 7) is 3.71. The summed E-state index contributed by atoms with van der Waals surface area (Å²) in [6.07, 6.45) is 9.19. The standard InChI is InChI=1S/C16H28N2O2/c1-11-7-3-6-10-14(11)18-16(20)15(17-12(2)19)13-8-4-5-9-13/h11,13-15H,3-10H2,1-2H3,(H,17,19)(H,18,20)/t11-,14+,15+/m1/s1. The summed E-state index contributed by atoms with van der Waals surface area (Å²) in [6, 6.07) is -0.0435. The quantitative estimate of drug-likeness (QED) is 0.830. The Hall–Kier alpha value is -1.06. The van der Waals surface area contributed by atoms with Crippen LogP contribution in [0.25, 0.3) is 0 Å². The summed E-state index contributed by atoms with van der Waals surface area (Å²) in [7, 11) is 0. The fourth-order valence-electron chi connectivity index (χ4n) is 3.71. The lowest BCUT2D eigenvalue weighted by atomic mass is 9.85. The van der Waals surface area contributed by atoms with Gasteiger partial charge in [0.15, 0.2) is 0 Å². The number of carbonyl (C=O) groups is 2. The van der Waals surface area contributed by atoms with Gasteiger partial charge >= 0.3 is 0 Å². The van der Waals surface area contributed by atoms with Crippen LogP contribution in [0.2, 0.25) is 0 Å². The van der Waals surface area contributed by atoms with Crippen LogP contribution in [0.4, 0.5) is 0 Å². The molecule has 0 aromatic heterocycles. The van der Waals surface area contributed by atoms with E-state index in [0.29, 0.717) is 11.8 Å². The monoisotopic (exact) mass is 280 g/mol. The van der Waals surface area contributed by atoms with Crippen molar-refractivity contribution in [2.45, 2.75) is 77.3 Å². The van der Waals surface area contributed by atoms with E-state index in [2.05, 4.69) is 17.6 Å². The van der Waals surface area contributed by atoms with E-state index >= 15 is 0 Å². The van der Waals surface area contributed by atoms with Crippen LogP contribution in [0, 0.1) is 11.8 Å². The Morgan fingerprint density at radius 3 is 2.20 bits per heavy atom. The lowest BCUT2D eigenvalue weighted by molar-refractivity contribution is -0.130. The number of hydrogen-bond donors (Lipinski definition) is 2. The number of rotatable bonds is 4. The summed E-state index contributed by atoms with van der Waals surface area (Å²) < 4.78 is 0. The number of nitrogens with one attached hydrogen (secondary N) is 2. The second kappa shape index (κ2) is 7.09. The van der Waals surface area contributed by atoms with Crippen molar-refractivity contribution >= 4 is 11.8 Å². The number of hydrogen-bond acceptors (Lipinski definition) is 2. The first-order chi connectivity index (χ1) is 9.58. The topological polar surface area (TPSA) is 58.2 Å². The second-order valence-electron chi connectivity index (χ2n) is 6.60. The normalized spacial score (nSPS) is 28.9. The maximum absolute atomic E-state index is 12.6. The van der Waals surface area contributed by atoms with Crippen LogP contribution in [0.3, 0.4) is 0 Å². The minimum Gasteiger partial charge on any atom is -0.351 e. The zero-order chi connectivity index (χ0) is 14.5. The molecule has 0 heterocycles. The average molecular weight is 280 g/mol. The predicted octanol–water partition coefficient (Wildman–Crippen LogP) is 2.38. The third kappa shape index (κ3) is 3.97. The maximum atomic E-state index is 12.6. The maximum Gasteiger partial charge on any atom is 0.243 e. The summed E-state index contributed by atoms with van der Waals surface area (Å²) in [5.74, 6) is 0.798. The Labute approximate surface area is 122 Å². The van der Waals surface area contributed by atoms with Gasteiger partial charge in [0.1, 0.15) is 6.04 Å². The molecule has 2 saturated carbocycles. The van der Waals surface area contributed by atoms with E-state index in [1.54, 1.807) is 0 Å². The number of carbonyl (C=O) groups excluding carboxylic acids is 2. The van der Waals surface area contributed by atoms with E-state index in [9.17, 15) is 9.59 Å². The van der Waals surface area contributed by atoms with Gasteiger partial charge in [0, 0.05) is 13.0 Å². The van der Waals surface area contributed by atoms with Crippen LogP contribution in [0.1, 0.15) is 65.2 Å². The van der Waals surface area contributed by atoms with Crippen molar-refractivity contribution in [1.29, 1.82) is 0 Å². The molecule has 2 fully saturated rings. The molecule has 114 valence electrons. The van der Waals surface area contributed by atoms with Gasteiger partial charge in [0.25, 0.3) is 0 Å². The summed E-state index contributed by atoms with van der Waals surface area (Å²) in [5.41, 5.74) is 0. The minimum absolute atomic E-state index is 0.0332. The summed E-state index contributed by atoms with van der Waals surface area (Å²) in [5, 5.41) is 6.07. The second-order valence-corrected chi connectivity index (χ2v) is 6.60. The highest BCUT2D eigenvalue weighted by atomic mass is 16.2. The van der Waals surface area contributed by atoms with Crippen LogP contribution >= 0.6 is 0 Å². The van der Waals surface area contributed by atoms with E-state index in [4.69, 9.17) is 0 Å². The van der Waals surface area contributed by atoms with Crippen molar-refractivity contribution < 1.29 is 9.59 Å². The van der Waals surface area contributed by atoms with Crippen molar-refractivity contribution in [3.05, 3.63) is 0 Å². The average Bonchev–Trinajstić information content (AvgIpc) is 2.92. The van der Waals surface area contributed by atoms with Gasteiger partial charge in [-0.3, -0.25) is 9.59 Å². The van der Waals surface area contributed by atoms with Crippen LogP contribution in [0.15, 0.2) is 0 Å². The SMILES string of the molecule is CC(=O)N[C@H](C(=O)N[C@H]1CCCC[C@H]1C)C1CCCC1. The van der Waals surface area contributed by atoms with Crippen LogP contribution in [-0.2, 0) is 9.59 Å². The molecule has 2 amide bonds. The van der Waals surface area contributed by atoms with E-state index in [1.807, 2.05) is 0 Å². The minimum atomic E-state index is -0.330. The van der Waals surface area contributed by atoms with Gasteiger partial charge in [0.05, 0.1) is 0 Å². The first-order valence-corrected chi connectivity index (χ1v) is 8.15. The molecule has 4 heteroatoms. The smallest absolute Gasteiger partial charge is 0.243 e. The van der Waals surface area contributed by atoms with E-state index in [0.717, 1.165) is 19.3 Å². The fraction of sp³-hybridized carbons (Fsp3) is 0.875. The van der Waals surface area contributed by atoms with Crippen molar-refractivity contribution in [3.8, 4) is 0 Å². The van der Waals surface area contributed by atoms with Crippen molar-refractivity contribution in [2.75, 3.05) is 0 Å². The largest absolute Gasteiger partial charge is 0.351 e. The molecule has 0 aliphatic heterocycles. The van der Waals surface area contributed by atoms with E-state index in [1.165, 1.54) is 39.0 Å². The molecule has 0 aromatic carbocycles. The zero-order valence-electron chi connectivity index (χ0n) is 12.8. The Bertz CT molecular complexity index is 350. The zero-order valence-corrected chi connectivity index (χ0v) is 12.8. The third-order valence-corrected chi connectivity index (χ3v) is 4.95. The van der Waals surface area contributed by atoms with Crippen molar-refractivity contribution in [1.82, 2.24) is 10.6 Å². The van der Waals surface area contributed by atoms with E-state index in [-0.39, 0.29) is 23.9 Å². The fourth-order valence-corrected chi connectivity index (χ4v) is 3.71. The Morgan fingerprint density at radius 2 is 1.60 bits per heavy atom. The molecule has 0 spiro atoms. The highest BCUT2D eigenvalue weighted by Gasteiger charge is 2.33. The van der Waals surface area contributed by atoms with Gasteiger partial charge in [-0.15, -0.1) is 0 Å². The van der Waals surface area contributed by atoms with Gasteiger partial charge in [0.2, 0.25) is 11.8 Å². The molecule has 0 bridgehead atoms. The Morgan fingerprint density at radius 1 is 1.00 bits per heavy atom. The van der Waals surface area contributed by atoms with Crippen LogP contribution in [-0.4, -0.2) is 23.9 Å². The number of amides is 2. The Balaban J connectivity index is 1.96. The van der Waals surface area contributed by atoms with Crippen LogP contribution in [0.5, 0.6) is 0 Å². The first kappa shape index (κ1) is 15.3.